The minimum Gasteiger partial charge on any atom is -0.444 e. The fourth-order valence-electron chi connectivity index (χ4n) is 2.75. The Balaban J connectivity index is 2.09. The lowest BCUT2D eigenvalue weighted by molar-refractivity contribution is 0.0159. The molecule has 0 bridgehead atoms. The van der Waals surface area contributed by atoms with Crippen molar-refractivity contribution in [1.29, 1.82) is 0 Å². The number of carbonyl (C=O) groups excluding carboxylic acids is 1. The van der Waals surface area contributed by atoms with Gasteiger partial charge in [-0.15, -0.1) is 0 Å². The van der Waals surface area contributed by atoms with Gasteiger partial charge in [-0.3, -0.25) is 0 Å². The lowest BCUT2D eigenvalue weighted by Gasteiger charge is -2.41. The Hall–Kier alpha value is -2.05. The first-order valence-electron chi connectivity index (χ1n) is 8.00. The number of halogens is 2. The minimum absolute atomic E-state index is 0.0905. The van der Waals surface area contributed by atoms with Crippen molar-refractivity contribution < 1.29 is 18.3 Å². The molecule has 0 saturated carbocycles. The summed E-state index contributed by atoms with van der Waals surface area (Å²) >= 11 is 0. The molecular weight excluding hydrogens is 316 g/mol. The van der Waals surface area contributed by atoms with Gasteiger partial charge in [-0.1, -0.05) is 0 Å². The molecule has 0 aromatic heterocycles. The van der Waals surface area contributed by atoms with Crippen LogP contribution in [0.1, 0.15) is 39.7 Å². The van der Waals surface area contributed by atoms with E-state index in [2.05, 4.69) is 0 Å². The van der Waals surface area contributed by atoms with Crippen LogP contribution in [-0.2, 0) is 4.74 Å². The fourth-order valence-corrected chi connectivity index (χ4v) is 2.75. The summed E-state index contributed by atoms with van der Waals surface area (Å²) in [7, 11) is 0. The van der Waals surface area contributed by atoms with Gasteiger partial charge in [0, 0.05) is 42.6 Å². The third-order valence-corrected chi connectivity index (χ3v) is 3.84. The smallest absolute Gasteiger partial charge is 0.410 e. The molecule has 2 N–H and O–H groups in total. The monoisotopic (exact) mass is 341 g/mol. The molecule has 1 atom stereocenters. The molecular formula is C17H25F2N3O2. The third-order valence-electron chi connectivity index (χ3n) is 3.84. The van der Waals surface area contributed by atoms with Crippen LogP contribution in [0.15, 0.2) is 18.2 Å². The van der Waals surface area contributed by atoms with Crippen LogP contribution in [0, 0.1) is 0 Å². The van der Waals surface area contributed by atoms with Gasteiger partial charge in [0.1, 0.15) is 5.60 Å². The largest absolute Gasteiger partial charge is 0.444 e. The zero-order chi connectivity index (χ0) is 18.1. The number of amides is 1. The van der Waals surface area contributed by atoms with Crippen molar-refractivity contribution in [3.8, 4) is 0 Å². The maximum absolute atomic E-state index is 13.0. The number of benzene rings is 1. The number of carbonyl (C=O) groups is 1. The first-order valence-corrected chi connectivity index (χ1v) is 8.00. The van der Waals surface area contributed by atoms with Crippen molar-refractivity contribution in [2.45, 2.75) is 45.8 Å². The van der Waals surface area contributed by atoms with Crippen LogP contribution < -0.4 is 10.6 Å². The van der Waals surface area contributed by atoms with E-state index in [9.17, 15) is 13.6 Å². The van der Waals surface area contributed by atoms with Crippen LogP contribution in [0.5, 0.6) is 0 Å². The van der Waals surface area contributed by atoms with Crippen LogP contribution in [0.25, 0.3) is 0 Å². The van der Waals surface area contributed by atoms with E-state index in [-0.39, 0.29) is 17.7 Å². The molecule has 134 valence electrons. The summed E-state index contributed by atoms with van der Waals surface area (Å²) in [5.41, 5.74) is 6.06. The van der Waals surface area contributed by atoms with Gasteiger partial charge < -0.3 is 20.3 Å². The quantitative estimate of drug-likeness (QED) is 0.834. The van der Waals surface area contributed by atoms with Crippen LogP contribution in [0.3, 0.4) is 0 Å². The van der Waals surface area contributed by atoms with Gasteiger partial charge >= 0.3 is 6.09 Å². The standard InChI is InChI=1S/C17H25F2N3O2/c1-11-10-21(5-6-22(11)16(23)24-17(2,3)4)14-8-12(15(18)19)7-13(20)9-14/h7-9,11,15H,5-6,10,20H2,1-4H3/t11-/m0/s1. The van der Waals surface area contributed by atoms with E-state index in [0.717, 1.165) is 0 Å². The number of alkyl halides is 2. The molecule has 0 unspecified atom stereocenters. The van der Waals surface area contributed by atoms with E-state index in [1.807, 2.05) is 32.6 Å². The number of nitrogens with two attached hydrogens (primary N) is 1. The second-order valence-corrected chi connectivity index (χ2v) is 7.13. The normalized spacial score (nSPS) is 18.9. The highest BCUT2D eigenvalue weighted by atomic mass is 19.3. The zero-order valence-electron chi connectivity index (χ0n) is 14.6. The Morgan fingerprint density at radius 2 is 1.96 bits per heavy atom. The average Bonchev–Trinajstić information content (AvgIpc) is 2.44. The summed E-state index contributed by atoms with van der Waals surface area (Å²) in [4.78, 5) is 15.9. The van der Waals surface area contributed by atoms with Crippen molar-refractivity contribution in [3.63, 3.8) is 0 Å². The number of anilines is 2. The van der Waals surface area contributed by atoms with Crippen molar-refractivity contribution in [2.75, 3.05) is 30.3 Å². The number of hydrogen-bond acceptors (Lipinski definition) is 4. The van der Waals surface area contributed by atoms with Gasteiger partial charge in [-0.05, 0) is 45.9 Å². The average molecular weight is 341 g/mol. The maximum atomic E-state index is 13.0. The van der Waals surface area contributed by atoms with E-state index in [0.29, 0.717) is 31.0 Å². The summed E-state index contributed by atoms with van der Waals surface area (Å²) in [5, 5.41) is 0. The number of rotatable bonds is 2. The van der Waals surface area contributed by atoms with Crippen molar-refractivity contribution in [2.24, 2.45) is 0 Å². The molecule has 1 heterocycles. The summed E-state index contributed by atoms with van der Waals surface area (Å²) in [6.07, 6.45) is -2.91. The van der Waals surface area contributed by atoms with E-state index in [1.54, 1.807) is 11.0 Å². The van der Waals surface area contributed by atoms with Crippen LogP contribution in [-0.4, -0.2) is 42.3 Å². The van der Waals surface area contributed by atoms with Gasteiger partial charge in [0.15, 0.2) is 0 Å². The van der Waals surface area contributed by atoms with Gasteiger partial charge in [0.25, 0.3) is 6.43 Å². The zero-order valence-corrected chi connectivity index (χ0v) is 14.6. The molecule has 1 aliphatic heterocycles. The topological polar surface area (TPSA) is 58.8 Å². The van der Waals surface area contributed by atoms with Crippen LogP contribution in [0.2, 0.25) is 0 Å². The first kappa shape index (κ1) is 18.3. The Morgan fingerprint density at radius 1 is 1.29 bits per heavy atom. The summed E-state index contributed by atoms with van der Waals surface area (Å²) in [5.74, 6) is 0. The number of nitrogens with zero attached hydrogens (tertiary/aromatic N) is 2. The highest BCUT2D eigenvalue weighted by Crippen LogP contribution is 2.29. The molecule has 0 aliphatic carbocycles. The minimum atomic E-state index is -2.56. The summed E-state index contributed by atoms with van der Waals surface area (Å²) < 4.78 is 31.3. The first-order chi connectivity index (χ1) is 11.1. The molecule has 0 radical (unpaired) electrons. The lowest BCUT2D eigenvalue weighted by Crippen LogP contribution is -2.55. The van der Waals surface area contributed by atoms with Crippen molar-refractivity contribution in [3.05, 3.63) is 23.8 Å². The van der Waals surface area contributed by atoms with Crippen LogP contribution in [0.4, 0.5) is 25.0 Å². The molecule has 24 heavy (non-hydrogen) atoms. The Bertz CT molecular complexity index is 602. The second kappa shape index (κ2) is 6.83. The van der Waals surface area contributed by atoms with E-state index in [4.69, 9.17) is 10.5 Å². The van der Waals surface area contributed by atoms with Crippen molar-refractivity contribution >= 4 is 17.5 Å². The van der Waals surface area contributed by atoms with Crippen molar-refractivity contribution in [1.82, 2.24) is 4.90 Å². The van der Waals surface area contributed by atoms with E-state index in [1.165, 1.54) is 12.1 Å². The maximum Gasteiger partial charge on any atom is 0.410 e. The second-order valence-electron chi connectivity index (χ2n) is 7.13. The Kier molecular flexibility index (Phi) is 5.20. The molecule has 1 aliphatic rings. The van der Waals surface area contributed by atoms with E-state index >= 15 is 0 Å². The molecule has 7 heteroatoms. The van der Waals surface area contributed by atoms with Gasteiger partial charge in [-0.2, -0.15) is 0 Å². The molecule has 1 aromatic carbocycles. The predicted molar refractivity (Wildman–Crippen MR) is 90.4 cm³/mol. The van der Waals surface area contributed by atoms with Crippen LogP contribution >= 0.6 is 0 Å². The predicted octanol–water partition coefficient (Wildman–Crippen LogP) is 3.65. The third kappa shape index (κ3) is 4.49. The molecule has 1 saturated heterocycles. The highest BCUT2D eigenvalue weighted by Gasteiger charge is 2.31. The molecule has 2 rings (SSSR count). The van der Waals surface area contributed by atoms with E-state index < -0.39 is 12.0 Å². The van der Waals surface area contributed by atoms with Gasteiger partial charge in [0.05, 0.1) is 0 Å². The molecule has 1 amide bonds. The summed E-state index contributed by atoms with van der Waals surface area (Å²) in [6.45, 7) is 8.92. The molecule has 5 nitrogen and oxygen atoms in total. The lowest BCUT2D eigenvalue weighted by atomic mass is 10.1. The number of hydrogen-bond donors (Lipinski definition) is 1. The fraction of sp³-hybridized carbons (Fsp3) is 0.588. The number of piperazine rings is 1. The SMILES string of the molecule is C[C@H]1CN(c2cc(N)cc(C(F)F)c2)CCN1C(=O)OC(C)(C)C. The number of nitrogen functional groups attached to an aromatic ring is 1. The van der Waals surface area contributed by atoms with Gasteiger partial charge in [0.2, 0.25) is 0 Å². The molecule has 0 spiro atoms. The Labute approximate surface area is 141 Å². The van der Waals surface area contributed by atoms with Gasteiger partial charge in [-0.25, -0.2) is 13.6 Å². The number of ether oxygens (including phenoxy) is 1. The molecule has 1 fully saturated rings. The highest BCUT2D eigenvalue weighted by molar-refractivity contribution is 5.69. The molecule has 1 aromatic rings. The Morgan fingerprint density at radius 3 is 2.50 bits per heavy atom. The summed E-state index contributed by atoms with van der Waals surface area (Å²) in [6, 6.07) is 4.33.